The van der Waals surface area contributed by atoms with Gasteiger partial charge in [0, 0.05) is 64.6 Å². The van der Waals surface area contributed by atoms with E-state index in [1.54, 1.807) is 0 Å². The van der Waals surface area contributed by atoms with E-state index in [2.05, 4.69) is 75.8 Å². The summed E-state index contributed by atoms with van der Waals surface area (Å²) in [5.41, 5.74) is 3.02. The Morgan fingerprint density at radius 2 is 1.39 bits per heavy atom. The Kier molecular flexibility index (Phi) is 6.76. The molecule has 0 atom stereocenters. The number of nitrogens with zero attached hydrogens (tertiary/aromatic N) is 2. The molecule has 2 aliphatic heterocycles. The quantitative estimate of drug-likeness (QED) is 0.800. The number of ether oxygens (including phenoxy) is 1. The van der Waals surface area contributed by atoms with E-state index in [1.165, 1.54) is 11.1 Å². The van der Waals surface area contributed by atoms with E-state index >= 15 is 0 Å². The smallest absolute Gasteiger partial charge is 0.0484 e. The summed E-state index contributed by atoms with van der Waals surface area (Å²) in [6.07, 6.45) is 2.26. The Morgan fingerprint density at radius 1 is 0.786 bits per heavy atom. The summed E-state index contributed by atoms with van der Waals surface area (Å²) in [4.78, 5) is 5.34. The zero-order valence-corrected chi connectivity index (χ0v) is 16.9. The predicted molar refractivity (Wildman–Crippen MR) is 114 cm³/mol. The molecule has 1 N–H and O–H groups in total. The highest BCUT2D eigenvalue weighted by Crippen LogP contribution is 2.29. The van der Waals surface area contributed by atoms with Gasteiger partial charge in [0.05, 0.1) is 0 Å². The van der Waals surface area contributed by atoms with E-state index in [4.69, 9.17) is 4.74 Å². The van der Waals surface area contributed by atoms with Crippen molar-refractivity contribution in [1.82, 2.24) is 15.1 Å². The Balaban J connectivity index is 1.32. The lowest BCUT2D eigenvalue weighted by atomic mass is 9.87. The Bertz CT molecular complexity index is 692. The maximum absolute atomic E-state index is 5.72. The molecule has 0 radical (unpaired) electrons. The SMILES string of the molecule is c1ccc(CNCC2(N3CCN(Cc4ccccc4)CC3)CCOCC2)cc1. The van der Waals surface area contributed by atoms with Gasteiger partial charge >= 0.3 is 0 Å². The monoisotopic (exact) mass is 379 g/mol. The van der Waals surface area contributed by atoms with Crippen LogP contribution in [0.1, 0.15) is 24.0 Å². The summed E-state index contributed by atoms with van der Waals surface area (Å²) >= 11 is 0. The van der Waals surface area contributed by atoms with Crippen LogP contribution in [0.25, 0.3) is 0 Å². The second kappa shape index (κ2) is 9.66. The van der Waals surface area contributed by atoms with Gasteiger partial charge in [-0.1, -0.05) is 60.7 Å². The van der Waals surface area contributed by atoms with E-state index in [9.17, 15) is 0 Å². The van der Waals surface area contributed by atoms with Crippen molar-refractivity contribution in [2.45, 2.75) is 31.5 Å². The highest BCUT2D eigenvalue weighted by atomic mass is 16.5. The molecule has 0 saturated carbocycles. The largest absolute Gasteiger partial charge is 0.381 e. The topological polar surface area (TPSA) is 27.7 Å². The fraction of sp³-hybridized carbons (Fsp3) is 0.500. The van der Waals surface area contributed by atoms with Crippen LogP contribution in [-0.4, -0.2) is 61.3 Å². The first-order chi connectivity index (χ1) is 13.8. The van der Waals surface area contributed by atoms with Crippen LogP contribution in [0.4, 0.5) is 0 Å². The lowest BCUT2D eigenvalue weighted by Crippen LogP contribution is -2.62. The van der Waals surface area contributed by atoms with Gasteiger partial charge in [0.15, 0.2) is 0 Å². The molecule has 0 unspecified atom stereocenters. The van der Waals surface area contributed by atoms with Crippen LogP contribution in [0.3, 0.4) is 0 Å². The van der Waals surface area contributed by atoms with Crippen molar-refractivity contribution in [2.24, 2.45) is 0 Å². The molecule has 4 nitrogen and oxygen atoms in total. The van der Waals surface area contributed by atoms with Crippen molar-refractivity contribution in [2.75, 3.05) is 45.9 Å². The van der Waals surface area contributed by atoms with E-state index in [1.807, 2.05) is 0 Å². The minimum Gasteiger partial charge on any atom is -0.381 e. The van der Waals surface area contributed by atoms with Crippen molar-refractivity contribution in [3.8, 4) is 0 Å². The van der Waals surface area contributed by atoms with Crippen LogP contribution in [0.5, 0.6) is 0 Å². The van der Waals surface area contributed by atoms with Gasteiger partial charge in [0.1, 0.15) is 0 Å². The van der Waals surface area contributed by atoms with E-state index in [0.29, 0.717) is 0 Å². The fourth-order valence-corrected chi connectivity index (χ4v) is 4.61. The van der Waals surface area contributed by atoms with Gasteiger partial charge in [-0.25, -0.2) is 0 Å². The van der Waals surface area contributed by atoms with Gasteiger partial charge in [-0.15, -0.1) is 0 Å². The Labute approximate surface area is 169 Å². The normalized spacial score (nSPS) is 20.9. The molecule has 0 aliphatic carbocycles. The maximum Gasteiger partial charge on any atom is 0.0484 e. The molecule has 2 saturated heterocycles. The highest BCUT2D eigenvalue weighted by Gasteiger charge is 2.39. The third-order valence-corrected chi connectivity index (χ3v) is 6.34. The summed E-state index contributed by atoms with van der Waals surface area (Å²) in [7, 11) is 0. The second-order valence-electron chi connectivity index (χ2n) is 8.17. The van der Waals surface area contributed by atoms with Gasteiger partial charge < -0.3 is 10.1 Å². The summed E-state index contributed by atoms with van der Waals surface area (Å²) in [6.45, 7) is 9.43. The van der Waals surface area contributed by atoms with Crippen LogP contribution in [0, 0.1) is 0 Å². The van der Waals surface area contributed by atoms with Gasteiger partial charge in [-0.3, -0.25) is 9.80 Å². The summed E-state index contributed by atoms with van der Waals surface area (Å²) in [6, 6.07) is 21.6. The van der Waals surface area contributed by atoms with E-state index in [-0.39, 0.29) is 5.54 Å². The minimum absolute atomic E-state index is 0.242. The number of nitrogens with one attached hydrogen (secondary N) is 1. The average Bonchev–Trinajstić information content (AvgIpc) is 2.76. The third kappa shape index (κ3) is 5.00. The zero-order chi connectivity index (χ0) is 19.1. The van der Waals surface area contributed by atoms with Gasteiger partial charge in [-0.2, -0.15) is 0 Å². The average molecular weight is 380 g/mol. The molecule has 28 heavy (non-hydrogen) atoms. The summed E-state index contributed by atoms with van der Waals surface area (Å²) in [5.74, 6) is 0. The summed E-state index contributed by atoms with van der Waals surface area (Å²) < 4.78 is 5.72. The van der Waals surface area contributed by atoms with Crippen LogP contribution in [0.2, 0.25) is 0 Å². The third-order valence-electron chi connectivity index (χ3n) is 6.34. The summed E-state index contributed by atoms with van der Waals surface area (Å²) in [5, 5.41) is 3.75. The first-order valence-electron chi connectivity index (χ1n) is 10.7. The molecule has 0 spiro atoms. The molecule has 2 aliphatic rings. The molecule has 4 rings (SSSR count). The minimum atomic E-state index is 0.242. The molecule has 0 aromatic heterocycles. The standard InChI is InChI=1S/C24H33N3O/c1-3-7-22(8-4-1)19-25-21-24(11-17-28-18-12-24)27-15-13-26(14-16-27)20-23-9-5-2-6-10-23/h1-10,25H,11-21H2. The number of rotatable bonds is 7. The predicted octanol–water partition coefficient (Wildman–Crippen LogP) is 3.14. The molecule has 2 heterocycles. The lowest BCUT2D eigenvalue weighted by molar-refractivity contribution is -0.0473. The maximum atomic E-state index is 5.72. The first-order valence-corrected chi connectivity index (χ1v) is 10.7. The molecular weight excluding hydrogens is 346 g/mol. The number of hydrogen-bond donors (Lipinski definition) is 1. The zero-order valence-electron chi connectivity index (χ0n) is 16.9. The van der Waals surface area contributed by atoms with Crippen LogP contribution >= 0.6 is 0 Å². The molecule has 4 heteroatoms. The van der Waals surface area contributed by atoms with Crippen molar-refractivity contribution >= 4 is 0 Å². The second-order valence-corrected chi connectivity index (χ2v) is 8.17. The van der Waals surface area contributed by atoms with Gasteiger partial charge in [0.2, 0.25) is 0 Å². The molecule has 2 aromatic rings. The molecular formula is C24H33N3O. The van der Waals surface area contributed by atoms with E-state index < -0.39 is 0 Å². The molecule has 0 bridgehead atoms. The number of hydrogen-bond acceptors (Lipinski definition) is 4. The highest BCUT2D eigenvalue weighted by molar-refractivity contribution is 5.15. The van der Waals surface area contributed by atoms with Crippen molar-refractivity contribution in [3.63, 3.8) is 0 Å². The molecule has 0 amide bonds. The molecule has 2 fully saturated rings. The van der Waals surface area contributed by atoms with Crippen molar-refractivity contribution in [1.29, 1.82) is 0 Å². The van der Waals surface area contributed by atoms with Crippen molar-refractivity contribution < 1.29 is 4.74 Å². The van der Waals surface area contributed by atoms with Crippen LogP contribution in [0.15, 0.2) is 60.7 Å². The van der Waals surface area contributed by atoms with E-state index in [0.717, 1.165) is 71.9 Å². The molecule has 2 aromatic carbocycles. The van der Waals surface area contributed by atoms with Gasteiger partial charge in [-0.05, 0) is 24.0 Å². The fourth-order valence-electron chi connectivity index (χ4n) is 4.61. The Hall–Kier alpha value is -1.72. The van der Waals surface area contributed by atoms with Crippen LogP contribution < -0.4 is 5.32 Å². The van der Waals surface area contributed by atoms with Gasteiger partial charge in [0.25, 0.3) is 0 Å². The molecule has 150 valence electrons. The number of benzene rings is 2. The Morgan fingerprint density at radius 3 is 2.04 bits per heavy atom. The first kappa shape index (κ1) is 19.6. The lowest BCUT2D eigenvalue weighted by Gasteiger charge is -2.50. The number of piperazine rings is 1. The van der Waals surface area contributed by atoms with Crippen molar-refractivity contribution in [3.05, 3.63) is 71.8 Å². The van der Waals surface area contributed by atoms with Crippen LogP contribution in [-0.2, 0) is 17.8 Å².